The van der Waals surface area contributed by atoms with Crippen LogP contribution in [0.25, 0.3) is 17.3 Å². The number of hydrogen-bond donors (Lipinski definition) is 1. The van der Waals surface area contributed by atoms with Gasteiger partial charge in [-0.15, -0.1) is 10.2 Å². The average Bonchev–Trinajstić information content (AvgIpc) is 3.14. The standard InChI is InChI=1S/C15H13N3O3S/c1-10-5-2-3-6-11(10)18-14(12-7-4-8-21-12)16-17-15(18)22-9-13(19)20/h2-8H,9H2,1H3,(H,19,20). The maximum atomic E-state index is 10.8. The van der Waals surface area contributed by atoms with Gasteiger partial charge in [-0.1, -0.05) is 30.0 Å². The highest BCUT2D eigenvalue weighted by Gasteiger charge is 2.19. The van der Waals surface area contributed by atoms with Gasteiger partial charge >= 0.3 is 5.97 Å². The third-order valence-electron chi connectivity index (χ3n) is 3.06. The summed E-state index contributed by atoms with van der Waals surface area (Å²) in [5.41, 5.74) is 1.93. The second kappa shape index (κ2) is 6.07. The Labute approximate surface area is 130 Å². The molecule has 3 rings (SSSR count). The molecule has 0 amide bonds. The normalized spacial score (nSPS) is 10.8. The van der Waals surface area contributed by atoms with Gasteiger partial charge in [-0.25, -0.2) is 0 Å². The number of thioether (sulfide) groups is 1. The number of para-hydroxylation sites is 1. The summed E-state index contributed by atoms with van der Waals surface area (Å²) in [4.78, 5) is 10.8. The Balaban J connectivity index is 2.13. The van der Waals surface area contributed by atoms with E-state index in [9.17, 15) is 4.79 Å². The lowest BCUT2D eigenvalue weighted by Gasteiger charge is -2.11. The first-order valence-electron chi connectivity index (χ1n) is 6.56. The van der Waals surface area contributed by atoms with Gasteiger partial charge in [0.05, 0.1) is 17.7 Å². The summed E-state index contributed by atoms with van der Waals surface area (Å²) in [6.07, 6.45) is 1.57. The monoisotopic (exact) mass is 315 g/mol. The van der Waals surface area contributed by atoms with E-state index in [2.05, 4.69) is 10.2 Å². The summed E-state index contributed by atoms with van der Waals surface area (Å²) in [6, 6.07) is 11.4. The molecule has 0 fully saturated rings. The van der Waals surface area contributed by atoms with Crippen molar-refractivity contribution < 1.29 is 14.3 Å². The van der Waals surface area contributed by atoms with Gasteiger partial charge in [-0.3, -0.25) is 9.36 Å². The van der Waals surface area contributed by atoms with Crippen molar-refractivity contribution in [2.24, 2.45) is 0 Å². The van der Waals surface area contributed by atoms with Gasteiger partial charge in [-0.2, -0.15) is 0 Å². The first-order valence-corrected chi connectivity index (χ1v) is 7.55. The fourth-order valence-electron chi connectivity index (χ4n) is 2.09. The molecule has 2 aromatic heterocycles. The van der Waals surface area contributed by atoms with E-state index >= 15 is 0 Å². The highest BCUT2D eigenvalue weighted by atomic mass is 32.2. The lowest BCUT2D eigenvalue weighted by molar-refractivity contribution is -0.133. The maximum absolute atomic E-state index is 10.8. The first-order chi connectivity index (χ1) is 10.7. The number of aliphatic carboxylic acids is 1. The van der Waals surface area contributed by atoms with Crippen molar-refractivity contribution in [1.82, 2.24) is 14.8 Å². The summed E-state index contributed by atoms with van der Waals surface area (Å²) in [7, 11) is 0. The number of aryl methyl sites for hydroxylation is 1. The Bertz CT molecular complexity index is 796. The van der Waals surface area contributed by atoms with Gasteiger partial charge in [0.15, 0.2) is 10.9 Å². The lowest BCUT2D eigenvalue weighted by Crippen LogP contribution is -2.04. The van der Waals surface area contributed by atoms with Crippen molar-refractivity contribution in [2.45, 2.75) is 12.1 Å². The van der Waals surface area contributed by atoms with Crippen molar-refractivity contribution >= 4 is 17.7 Å². The molecule has 0 radical (unpaired) electrons. The number of benzene rings is 1. The van der Waals surface area contributed by atoms with Crippen LogP contribution in [0.15, 0.2) is 52.2 Å². The summed E-state index contributed by atoms with van der Waals surface area (Å²) >= 11 is 1.12. The van der Waals surface area contributed by atoms with Crippen molar-refractivity contribution in [2.75, 3.05) is 5.75 Å². The molecule has 0 saturated carbocycles. The van der Waals surface area contributed by atoms with E-state index in [0.29, 0.717) is 16.7 Å². The molecule has 0 atom stereocenters. The van der Waals surface area contributed by atoms with Crippen LogP contribution < -0.4 is 0 Å². The molecule has 1 N–H and O–H groups in total. The van der Waals surface area contributed by atoms with E-state index in [0.717, 1.165) is 23.0 Å². The second-order valence-corrected chi connectivity index (χ2v) is 5.53. The van der Waals surface area contributed by atoms with Crippen molar-refractivity contribution in [3.05, 3.63) is 48.2 Å². The molecule has 7 heteroatoms. The zero-order valence-corrected chi connectivity index (χ0v) is 12.6. The summed E-state index contributed by atoms with van der Waals surface area (Å²) in [5, 5.41) is 17.7. The molecule has 0 bridgehead atoms. The average molecular weight is 315 g/mol. The summed E-state index contributed by atoms with van der Waals surface area (Å²) < 4.78 is 7.23. The zero-order chi connectivity index (χ0) is 15.5. The van der Waals surface area contributed by atoms with E-state index in [1.165, 1.54) is 0 Å². The van der Waals surface area contributed by atoms with Gasteiger partial charge in [-0.05, 0) is 30.7 Å². The summed E-state index contributed by atoms with van der Waals surface area (Å²) in [5.74, 6) is 0.149. The van der Waals surface area contributed by atoms with Gasteiger partial charge < -0.3 is 9.52 Å². The predicted molar refractivity (Wildman–Crippen MR) is 82.2 cm³/mol. The highest BCUT2D eigenvalue weighted by Crippen LogP contribution is 2.29. The number of carbonyl (C=O) groups is 1. The fraction of sp³-hybridized carbons (Fsp3) is 0.133. The number of carboxylic acids is 1. The van der Waals surface area contributed by atoms with Crippen LogP contribution >= 0.6 is 11.8 Å². The minimum Gasteiger partial charge on any atom is -0.481 e. The van der Waals surface area contributed by atoms with Crippen LogP contribution in [0.4, 0.5) is 0 Å². The molecule has 22 heavy (non-hydrogen) atoms. The predicted octanol–water partition coefficient (Wildman–Crippen LogP) is 3.01. The van der Waals surface area contributed by atoms with Crippen LogP contribution in [0.1, 0.15) is 5.56 Å². The molecule has 0 aliphatic rings. The highest BCUT2D eigenvalue weighted by molar-refractivity contribution is 7.99. The zero-order valence-electron chi connectivity index (χ0n) is 11.8. The van der Waals surface area contributed by atoms with Crippen LogP contribution in [-0.4, -0.2) is 31.6 Å². The second-order valence-electron chi connectivity index (χ2n) is 4.59. The number of hydrogen-bond acceptors (Lipinski definition) is 5. The van der Waals surface area contributed by atoms with Crippen LogP contribution in [0.3, 0.4) is 0 Å². The Hall–Kier alpha value is -2.54. The summed E-state index contributed by atoms with van der Waals surface area (Å²) in [6.45, 7) is 1.98. The maximum Gasteiger partial charge on any atom is 0.313 e. The molecule has 112 valence electrons. The topological polar surface area (TPSA) is 81.2 Å². The SMILES string of the molecule is Cc1ccccc1-n1c(SCC(=O)O)nnc1-c1ccco1. The molecule has 0 saturated heterocycles. The molecule has 0 unspecified atom stereocenters. The van der Waals surface area contributed by atoms with E-state index in [4.69, 9.17) is 9.52 Å². The number of carboxylic acid groups (broad SMARTS) is 1. The molecular formula is C15H13N3O3S. The Morgan fingerprint density at radius 1 is 1.27 bits per heavy atom. The third-order valence-corrected chi connectivity index (χ3v) is 3.97. The van der Waals surface area contributed by atoms with Gasteiger partial charge in [0.1, 0.15) is 0 Å². The van der Waals surface area contributed by atoms with Crippen LogP contribution in [-0.2, 0) is 4.79 Å². The van der Waals surface area contributed by atoms with Crippen LogP contribution in [0.5, 0.6) is 0 Å². The molecule has 3 aromatic rings. The first kappa shape index (κ1) is 14.4. The molecule has 0 spiro atoms. The molecule has 2 heterocycles. The van der Waals surface area contributed by atoms with Crippen molar-refractivity contribution in [3.8, 4) is 17.3 Å². The number of aromatic nitrogens is 3. The van der Waals surface area contributed by atoms with E-state index in [-0.39, 0.29) is 5.75 Å². The van der Waals surface area contributed by atoms with Crippen molar-refractivity contribution in [3.63, 3.8) is 0 Å². The Kier molecular flexibility index (Phi) is 3.97. The van der Waals surface area contributed by atoms with Crippen molar-refractivity contribution in [1.29, 1.82) is 0 Å². The Morgan fingerprint density at radius 3 is 2.77 bits per heavy atom. The van der Waals surface area contributed by atoms with Gasteiger partial charge in [0.2, 0.25) is 5.82 Å². The minimum absolute atomic E-state index is 0.0812. The number of nitrogens with zero attached hydrogens (tertiary/aromatic N) is 3. The van der Waals surface area contributed by atoms with E-state index < -0.39 is 5.97 Å². The number of rotatable bonds is 5. The van der Waals surface area contributed by atoms with E-state index in [1.807, 2.05) is 35.8 Å². The molecule has 1 aromatic carbocycles. The quantitative estimate of drug-likeness (QED) is 0.729. The largest absolute Gasteiger partial charge is 0.481 e. The van der Waals surface area contributed by atoms with Gasteiger partial charge in [0, 0.05) is 0 Å². The molecule has 0 aliphatic carbocycles. The number of furan rings is 1. The molecule has 6 nitrogen and oxygen atoms in total. The smallest absolute Gasteiger partial charge is 0.313 e. The van der Waals surface area contributed by atoms with Gasteiger partial charge in [0.25, 0.3) is 0 Å². The van der Waals surface area contributed by atoms with E-state index in [1.54, 1.807) is 18.4 Å². The minimum atomic E-state index is -0.899. The Morgan fingerprint density at radius 2 is 2.09 bits per heavy atom. The third kappa shape index (κ3) is 2.75. The van der Waals surface area contributed by atoms with Crippen LogP contribution in [0, 0.1) is 6.92 Å². The molecule has 0 aliphatic heterocycles. The van der Waals surface area contributed by atoms with Crippen LogP contribution in [0.2, 0.25) is 0 Å². The fourth-order valence-corrected chi connectivity index (χ4v) is 2.75. The molecular weight excluding hydrogens is 302 g/mol. The lowest BCUT2D eigenvalue weighted by atomic mass is 10.2.